The molecule has 0 radical (unpaired) electrons. The first-order valence-corrected chi connectivity index (χ1v) is 8.49. The molecule has 0 aromatic heterocycles. The van der Waals surface area contributed by atoms with Gasteiger partial charge in [0, 0.05) is 17.9 Å². The van der Waals surface area contributed by atoms with Crippen molar-refractivity contribution in [2.24, 2.45) is 0 Å². The lowest BCUT2D eigenvalue weighted by molar-refractivity contribution is -0.385. The molecule has 1 aromatic rings. The van der Waals surface area contributed by atoms with Crippen LogP contribution in [0.1, 0.15) is 43.9 Å². The molecule has 0 amide bonds. The van der Waals surface area contributed by atoms with Gasteiger partial charge < -0.3 is 5.11 Å². The number of nitrogens with one attached hydrogen (secondary N) is 1. The molecular formula is C15H22F2N2O3S. The van der Waals surface area contributed by atoms with Crippen LogP contribution in [0.25, 0.3) is 0 Å². The summed E-state index contributed by atoms with van der Waals surface area (Å²) >= 11 is 1.15. The Bertz CT molecular complexity index is 529. The zero-order valence-corrected chi connectivity index (χ0v) is 14.0. The van der Waals surface area contributed by atoms with E-state index in [4.69, 9.17) is 5.11 Å². The van der Waals surface area contributed by atoms with E-state index in [-0.39, 0.29) is 11.3 Å². The Morgan fingerprint density at radius 1 is 1.43 bits per heavy atom. The van der Waals surface area contributed by atoms with Gasteiger partial charge in [0.05, 0.1) is 4.92 Å². The summed E-state index contributed by atoms with van der Waals surface area (Å²) in [4.78, 5) is 10.3. The zero-order chi connectivity index (χ0) is 17.5. The number of halogens is 2. The van der Waals surface area contributed by atoms with Crippen LogP contribution in [0, 0.1) is 10.1 Å². The topological polar surface area (TPSA) is 75.4 Å². The predicted octanol–water partition coefficient (Wildman–Crippen LogP) is 3.86. The van der Waals surface area contributed by atoms with Crippen LogP contribution < -0.4 is 4.72 Å². The number of nitrogens with zero attached hydrogens (tertiary/aromatic N) is 1. The van der Waals surface area contributed by atoms with Crippen molar-refractivity contribution in [1.29, 1.82) is 0 Å². The predicted molar refractivity (Wildman–Crippen MR) is 87.7 cm³/mol. The summed E-state index contributed by atoms with van der Waals surface area (Å²) in [6.45, 7) is 2.46. The van der Waals surface area contributed by atoms with Crippen LogP contribution in [0.2, 0.25) is 0 Å². The molecule has 5 nitrogen and oxygen atoms in total. The van der Waals surface area contributed by atoms with Crippen molar-refractivity contribution < 1.29 is 18.8 Å². The number of rotatable bonds is 10. The van der Waals surface area contributed by atoms with Crippen LogP contribution in [0.4, 0.5) is 14.5 Å². The standard InChI is InChI=1S/C15H22F2N2O3S/c1-3-5-8-23-18-14(15(16,17)10-20)13-9-12(19(21)22)7-6-11(13)4-2/h6-7,9,14,18,20H,3-5,8,10H2,1-2H3. The summed E-state index contributed by atoms with van der Waals surface area (Å²) in [5.41, 5.74) is 0.512. The maximum atomic E-state index is 14.2. The van der Waals surface area contributed by atoms with Gasteiger partial charge in [-0.1, -0.05) is 38.3 Å². The Morgan fingerprint density at radius 2 is 2.13 bits per heavy atom. The van der Waals surface area contributed by atoms with Gasteiger partial charge in [-0.05, 0) is 24.0 Å². The fourth-order valence-corrected chi connectivity index (χ4v) is 3.13. The van der Waals surface area contributed by atoms with Gasteiger partial charge in [0.25, 0.3) is 11.6 Å². The van der Waals surface area contributed by atoms with Crippen molar-refractivity contribution in [1.82, 2.24) is 4.72 Å². The van der Waals surface area contributed by atoms with Crippen LogP contribution in [0.5, 0.6) is 0 Å². The normalized spacial score (nSPS) is 13.1. The number of aliphatic hydroxyl groups excluding tert-OH is 1. The average Bonchev–Trinajstić information content (AvgIpc) is 2.54. The van der Waals surface area contributed by atoms with Gasteiger partial charge in [-0.2, -0.15) is 0 Å². The molecule has 23 heavy (non-hydrogen) atoms. The Balaban J connectivity index is 3.18. The molecular weight excluding hydrogens is 326 g/mol. The van der Waals surface area contributed by atoms with E-state index in [0.717, 1.165) is 24.8 Å². The second-order valence-electron chi connectivity index (χ2n) is 5.17. The summed E-state index contributed by atoms with van der Waals surface area (Å²) < 4.78 is 31.0. The largest absolute Gasteiger partial charge is 0.390 e. The van der Waals surface area contributed by atoms with Crippen molar-refractivity contribution in [3.05, 3.63) is 39.4 Å². The number of hydrogen-bond acceptors (Lipinski definition) is 5. The molecule has 0 saturated carbocycles. The minimum atomic E-state index is -3.42. The van der Waals surface area contributed by atoms with Crippen LogP contribution in [0.15, 0.2) is 18.2 Å². The maximum absolute atomic E-state index is 14.2. The van der Waals surface area contributed by atoms with E-state index < -0.39 is 23.5 Å². The lowest BCUT2D eigenvalue weighted by Gasteiger charge is -2.28. The molecule has 0 aliphatic heterocycles. The zero-order valence-electron chi connectivity index (χ0n) is 13.2. The minimum Gasteiger partial charge on any atom is -0.390 e. The van der Waals surface area contributed by atoms with Gasteiger partial charge in [0.2, 0.25) is 0 Å². The number of aliphatic hydroxyl groups is 1. The third-order valence-electron chi connectivity index (χ3n) is 3.47. The van der Waals surface area contributed by atoms with Gasteiger partial charge in [-0.15, -0.1) is 0 Å². The van der Waals surface area contributed by atoms with E-state index in [2.05, 4.69) is 4.72 Å². The quantitative estimate of drug-likeness (QED) is 0.291. The van der Waals surface area contributed by atoms with Crippen LogP contribution in [0.3, 0.4) is 0 Å². The minimum absolute atomic E-state index is 0.157. The van der Waals surface area contributed by atoms with E-state index in [1.54, 1.807) is 6.92 Å². The summed E-state index contributed by atoms with van der Waals surface area (Å²) in [6.07, 6.45) is 2.27. The summed E-state index contributed by atoms with van der Waals surface area (Å²) in [7, 11) is 0. The fourth-order valence-electron chi connectivity index (χ4n) is 2.11. The number of benzene rings is 1. The molecule has 1 unspecified atom stereocenters. The number of non-ortho nitro benzene ring substituents is 1. The monoisotopic (exact) mass is 348 g/mol. The first-order chi connectivity index (χ1) is 10.9. The average molecular weight is 348 g/mol. The first kappa shape index (κ1) is 19.8. The van der Waals surface area contributed by atoms with Crippen LogP contribution in [-0.2, 0) is 6.42 Å². The Morgan fingerprint density at radius 3 is 2.65 bits per heavy atom. The van der Waals surface area contributed by atoms with Crippen molar-refractivity contribution in [3.8, 4) is 0 Å². The SMILES string of the molecule is CCCCSNC(c1cc([N+](=O)[O-])ccc1CC)C(F)(F)CO. The molecule has 0 aliphatic rings. The molecule has 0 saturated heterocycles. The number of unbranched alkanes of at least 4 members (excludes halogenated alkanes) is 1. The summed E-state index contributed by atoms with van der Waals surface area (Å²) in [6, 6.07) is 2.48. The lowest BCUT2D eigenvalue weighted by Crippen LogP contribution is -2.38. The van der Waals surface area contributed by atoms with Gasteiger partial charge in [0.1, 0.15) is 12.6 Å². The number of nitro benzene ring substituents is 1. The van der Waals surface area contributed by atoms with Gasteiger partial charge in [-0.25, -0.2) is 8.78 Å². The number of nitro groups is 1. The van der Waals surface area contributed by atoms with E-state index in [1.807, 2.05) is 6.92 Å². The van der Waals surface area contributed by atoms with Gasteiger partial charge >= 0.3 is 0 Å². The Hall–Kier alpha value is -1.25. The summed E-state index contributed by atoms with van der Waals surface area (Å²) in [5, 5.41) is 20.0. The van der Waals surface area contributed by atoms with E-state index in [9.17, 15) is 18.9 Å². The van der Waals surface area contributed by atoms with Gasteiger partial charge in [0.15, 0.2) is 0 Å². The van der Waals surface area contributed by atoms with E-state index in [1.165, 1.54) is 18.2 Å². The number of hydrogen-bond donors (Lipinski definition) is 2. The molecule has 8 heteroatoms. The molecule has 130 valence electrons. The highest BCUT2D eigenvalue weighted by Crippen LogP contribution is 2.36. The summed E-state index contributed by atoms with van der Waals surface area (Å²) in [5.74, 6) is -2.77. The molecule has 0 heterocycles. The Labute approximate surface area is 138 Å². The second kappa shape index (κ2) is 9.14. The van der Waals surface area contributed by atoms with E-state index in [0.29, 0.717) is 17.7 Å². The third kappa shape index (κ3) is 5.40. The van der Waals surface area contributed by atoms with E-state index >= 15 is 0 Å². The molecule has 0 bridgehead atoms. The highest BCUT2D eigenvalue weighted by molar-refractivity contribution is 7.97. The lowest BCUT2D eigenvalue weighted by atomic mass is 9.94. The highest BCUT2D eigenvalue weighted by Gasteiger charge is 2.41. The van der Waals surface area contributed by atoms with Crippen LogP contribution in [-0.4, -0.2) is 28.3 Å². The molecule has 1 aromatic carbocycles. The molecule has 1 atom stereocenters. The molecule has 0 fully saturated rings. The smallest absolute Gasteiger partial charge is 0.290 e. The van der Waals surface area contributed by atoms with Crippen molar-refractivity contribution in [2.45, 2.75) is 45.1 Å². The Kier molecular flexibility index (Phi) is 7.87. The maximum Gasteiger partial charge on any atom is 0.290 e. The van der Waals surface area contributed by atoms with Crippen molar-refractivity contribution in [2.75, 3.05) is 12.4 Å². The molecule has 1 rings (SSSR count). The fraction of sp³-hybridized carbons (Fsp3) is 0.600. The van der Waals surface area contributed by atoms with Crippen LogP contribution >= 0.6 is 11.9 Å². The second-order valence-corrected chi connectivity index (χ2v) is 6.10. The van der Waals surface area contributed by atoms with Crippen molar-refractivity contribution in [3.63, 3.8) is 0 Å². The first-order valence-electron chi connectivity index (χ1n) is 7.50. The third-order valence-corrected chi connectivity index (χ3v) is 4.36. The van der Waals surface area contributed by atoms with Crippen molar-refractivity contribution >= 4 is 17.6 Å². The van der Waals surface area contributed by atoms with Gasteiger partial charge in [-0.3, -0.25) is 14.8 Å². The number of alkyl halides is 2. The molecule has 2 N–H and O–H groups in total. The highest BCUT2D eigenvalue weighted by atomic mass is 32.2. The molecule has 0 aliphatic carbocycles. The molecule has 0 spiro atoms. The number of aryl methyl sites for hydroxylation is 1.